The van der Waals surface area contributed by atoms with Gasteiger partial charge in [0.05, 0.1) is 4.47 Å². The van der Waals surface area contributed by atoms with E-state index in [0.717, 1.165) is 15.4 Å². The molecule has 0 fully saturated rings. The minimum Gasteiger partial charge on any atom is -0.460 e. The molecule has 0 radical (unpaired) electrons. The zero-order chi connectivity index (χ0) is 9.97. The number of hydrogen-bond donors (Lipinski definition) is 0. The fraction of sp³-hybridized carbons (Fsp3) is 0.100. The van der Waals surface area contributed by atoms with E-state index in [4.69, 9.17) is 4.42 Å². The summed E-state index contributed by atoms with van der Waals surface area (Å²) in [6, 6.07) is 7.61. The number of halogens is 1. The van der Waals surface area contributed by atoms with E-state index in [-0.39, 0.29) is 6.61 Å². The number of furan rings is 1. The molecule has 1 aromatic carbocycles. The van der Waals surface area contributed by atoms with Crippen LogP contribution in [0.5, 0.6) is 0 Å². The van der Waals surface area contributed by atoms with Gasteiger partial charge in [0, 0.05) is 5.39 Å². The van der Waals surface area contributed by atoms with Crippen LogP contribution in [0.15, 0.2) is 33.2 Å². The fourth-order valence-electron chi connectivity index (χ4n) is 1.27. The van der Waals surface area contributed by atoms with Crippen molar-refractivity contribution in [1.82, 2.24) is 0 Å². The Morgan fingerprint density at radius 2 is 2.36 bits per heavy atom. The number of para-hydroxylation sites is 1. The number of carbonyl (C=O) groups is 1. The quantitative estimate of drug-likeness (QED) is 0.791. The molecule has 1 heterocycles. The lowest BCUT2D eigenvalue weighted by atomic mass is 10.2. The number of rotatable bonds is 3. The smallest absolute Gasteiger partial charge is 0.293 e. The van der Waals surface area contributed by atoms with Crippen molar-refractivity contribution in [2.24, 2.45) is 0 Å². The van der Waals surface area contributed by atoms with Gasteiger partial charge in [-0.25, -0.2) is 0 Å². The van der Waals surface area contributed by atoms with Crippen LogP contribution >= 0.6 is 15.9 Å². The molecule has 2 aromatic rings. The largest absolute Gasteiger partial charge is 0.460 e. The van der Waals surface area contributed by atoms with Crippen LogP contribution in [0.2, 0.25) is 0 Å². The van der Waals surface area contributed by atoms with Crippen LogP contribution in [0.1, 0.15) is 5.76 Å². The summed E-state index contributed by atoms with van der Waals surface area (Å²) in [5, 5.41) is 0.990. The summed E-state index contributed by atoms with van der Waals surface area (Å²) in [4.78, 5) is 9.99. The molecule has 0 aliphatic carbocycles. The van der Waals surface area contributed by atoms with Crippen molar-refractivity contribution in [2.75, 3.05) is 0 Å². The average molecular weight is 255 g/mol. The molecule has 3 nitrogen and oxygen atoms in total. The molecule has 72 valence electrons. The molecule has 1 aromatic heterocycles. The Kier molecular flexibility index (Phi) is 2.54. The monoisotopic (exact) mass is 254 g/mol. The maximum Gasteiger partial charge on any atom is 0.293 e. The Balaban J connectivity index is 2.41. The maximum atomic E-state index is 9.99. The van der Waals surface area contributed by atoms with Crippen molar-refractivity contribution >= 4 is 33.4 Å². The number of carbonyl (C=O) groups excluding carboxylic acids is 1. The Labute approximate surface area is 88.8 Å². The van der Waals surface area contributed by atoms with Gasteiger partial charge in [-0.2, -0.15) is 0 Å². The van der Waals surface area contributed by atoms with Gasteiger partial charge in [-0.15, -0.1) is 0 Å². The predicted octanol–water partition coefficient (Wildman–Crippen LogP) is 2.87. The van der Waals surface area contributed by atoms with Crippen LogP contribution in [0, 0.1) is 0 Å². The topological polar surface area (TPSA) is 39.4 Å². The van der Waals surface area contributed by atoms with Crippen LogP contribution in [-0.4, -0.2) is 6.47 Å². The van der Waals surface area contributed by atoms with Gasteiger partial charge in [-0.05, 0) is 28.1 Å². The number of ether oxygens (including phenoxy) is 1. The third-order valence-electron chi connectivity index (χ3n) is 1.84. The second kappa shape index (κ2) is 3.84. The second-order valence-electron chi connectivity index (χ2n) is 2.78. The van der Waals surface area contributed by atoms with Crippen molar-refractivity contribution in [1.29, 1.82) is 0 Å². The summed E-state index contributed by atoms with van der Waals surface area (Å²) in [5.74, 6) is 0.638. The first-order valence-corrected chi connectivity index (χ1v) is 4.83. The second-order valence-corrected chi connectivity index (χ2v) is 3.63. The lowest BCUT2D eigenvalue weighted by molar-refractivity contribution is -0.130. The molecule has 0 amide bonds. The molecule has 2 rings (SSSR count). The normalized spacial score (nSPS) is 10.4. The first-order chi connectivity index (χ1) is 6.81. The highest BCUT2D eigenvalue weighted by atomic mass is 79.9. The molecule has 4 heteroatoms. The third-order valence-corrected chi connectivity index (χ3v) is 2.47. The lowest BCUT2D eigenvalue weighted by Gasteiger charge is -1.92. The van der Waals surface area contributed by atoms with Crippen LogP contribution in [0.3, 0.4) is 0 Å². The van der Waals surface area contributed by atoms with Crippen LogP contribution in [0.25, 0.3) is 11.0 Å². The summed E-state index contributed by atoms with van der Waals surface area (Å²) in [6.45, 7) is 0.576. The van der Waals surface area contributed by atoms with Crippen LogP contribution < -0.4 is 0 Å². The van der Waals surface area contributed by atoms with Gasteiger partial charge in [0.15, 0.2) is 0 Å². The van der Waals surface area contributed by atoms with E-state index in [1.807, 2.05) is 24.3 Å². The van der Waals surface area contributed by atoms with Gasteiger partial charge in [0.2, 0.25) is 0 Å². The van der Waals surface area contributed by atoms with E-state index in [1.54, 1.807) is 0 Å². The van der Waals surface area contributed by atoms with E-state index in [0.29, 0.717) is 12.2 Å². The van der Waals surface area contributed by atoms with Crippen LogP contribution in [0.4, 0.5) is 0 Å². The molecule has 0 saturated carbocycles. The molecule has 0 unspecified atom stereocenters. The van der Waals surface area contributed by atoms with E-state index < -0.39 is 0 Å². The van der Waals surface area contributed by atoms with E-state index in [2.05, 4.69) is 20.7 Å². The molecule has 0 aliphatic rings. The van der Waals surface area contributed by atoms with Crippen molar-refractivity contribution in [3.63, 3.8) is 0 Å². The van der Waals surface area contributed by atoms with Crippen molar-refractivity contribution in [2.45, 2.75) is 6.61 Å². The van der Waals surface area contributed by atoms with Gasteiger partial charge in [-0.1, -0.05) is 12.1 Å². The minimum atomic E-state index is 0.171. The SMILES string of the molecule is O=COCc1cc2cccc(Br)c2o1. The van der Waals surface area contributed by atoms with Crippen molar-refractivity contribution in [3.8, 4) is 0 Å². The summed E-state index contributed by atoms with van der Waals surface area (Å²) in [5.41, 5.74) is 0.775. The number of fused-ring (bicyclic) bond motifs is 1. The Bertz CT molecular complexity index is 461. The van der Waals surface area contributed by atoms with Crippen molar-refractivity contribution < 1.29 is 13.9 Å². The average Bonchev–Trinajstić information content (AvgIpc) is 2.59. The summed E-state index contributed by atoms with van der Waals surface area (Å²) < 4.78 is 11.0. The van der Waals surface area contributed by atoms with Crippen molar-refractivity contribution in [3.05, 3.63) is 34.5 Å². The molecule has 0 N–H and O–H groups in total. The van der Waals surface area contributed by atoms with Crippen LogP contribution in [-0.2, 0) is 16.1 Å². The fourth-order valence-corrected chi connectivity index (χ4v) is 1.73. The number of hydrogen-bond acceptors (Lipinski definition) is 3. The Hall–Kier alpha value is -1.29. The molecule has 0 bridgehead atoms. The minimum absolute atomic E-state index is 0.171. The molecule has 14 heavy (non-hydrogen) atoms. The lowest BCUT2D eigenvalue weighted by Crippen LogP contribution is -1.85. The molecular weight excluding hydrogens is 248 g/mol. The highest BCUT2D eigenvalue weighted by Gasteiger charge is 2.06. The third kappa shape index (κ3) is 1.65. The van der Waals surface area contributed by atoms with E-state index >= 15 is 0 Å². The molecule has 0 atom stereocenters. The first kappa shape index (κ1) is 9.27. The van der Waals surface area contributed by atoms with Gasteiger partial charge >= 0.3 is 0 Å². The molecule has 0 spiro atoms. The number of benzene rings is 1. The zero-order valence-corrected chi connectivity index (χ0v) is 8.78. The predicted molar refractivity (Wildman–Crippen MR) is 54.8 cm³/mol. The first-order valence-electron chi connectivity index (χ1n) is 4.03. The summed E-state index contributed by atoms with van der Waals surface area (Å²) in [6.07, 6.45) is 0. The molecule has 0 aliphatic heterocycles. The Morgan fingerprint density at radius 3 is 3.07 bits per heavy atom. The molecule has 0 saturated heterocycles. The molecular formula is C10H7BrO3. The highest BCUT2D eigenvalue weighted by molar-refractivity contribution is 9.10. The summed E-state index contributed by atoms with van der Waals surface area (Å²) in [7, 11) is 0. The standard InChI is InChI=1S/C10H7BrO3/c11-9-3-1-2-7-4-8(5-13-6-12)14-10(7)9/h1-4,6H,5H2. The van der Waals surface area contributed by atoms with Gasteiger partial charge in [0.25, 0.3) is 6.47 Å². The highest BCUT2D eigenvalue weighted by Crippen LogP contribution is 2.26. The maximum absolute atomic E-state index is 9.99. The van der Waals surface area contributed by atoms with Gasteiger partial charge in [-0.3, -0.25) is 4.79 Å². The summed E-state index contributed by atoms with van der Waals surface area (Å²) >= 11 is 3.37. The van der Waals surface area contributed by atoms with E-state index in [1.165, 1.54) is 0 Å². The van der Waals surface area contributed by atoms with Gasteiger partial charge in [0.1, 0.15) is 18.0 Å². The zero-order valence-electron chi connectivity index (χ0n) is 7.20. The van der Waals surface area contributed by atoms with E-state index in [9.17, 15) is 4.79 Å². The Morgan fingerprint density at radius 1 is 1.50 bits per heavy atom. The van der Waals surface area contributed by atoms with Gasteiger partial charge < -0.3 is 9.15 Å².